The number of hydrogen-bond acceptors (Lipinski definition) is 7. The molecular formula is C24H35BF3N5O4Si. The average Bonchev–Trinajstić information content (AvgIpc) is 3.43. The van der Waals surface area contributed by atoms with E-state index >= 15 is 0 Å². The number of nitrogens with zero attached hydrogens (tertiary/aromatic N) is 5. The summed E-state index contributed by atoms with van der Waals surface area (Å²) in [5.41, 5.74) is -0.397. The molecule has 1 aliphatic heterocycles. The van der Waals surface area contributed by atoms with Crippen LogP contribution < -0.4 is 10.3 Å². The van der Waals surface area contributed by atoms with Gasteiger partial charge in [0.15, 0.2) is 11.4 Å². The third-order valence-corrected chi connectivity index (χ3v) is 8.68. The zero-order valence-electron chi connectivity index (χ0n) is 23.1. The van der Waals surface area contributed by atoms with E-state index in [4.69, 9.17) is 18.8 Å². The number of methoxy groups -OCH3 is 1. The lowest BCUT2D eigenvalue weighted by Crippen LogP contribution is -2.41. The molecule has 0 radical (unpaired) electrons. The van der Waals surface area contributed by atoms with Crippen molar-refractivity contribution in [1.82, 2.24) is 24.4 Å². The van der Waals surface area contributed by atoms with Crippen LogP contribution in [0.5, 0.6) is 5.75 Å². The highest BCUT2D eigenvalue weighted by atomic mass is 28.3. The Morgan fingerprint density at radius 1 is 1.11 bits per heavy atom. The van der Waals surface area contributed by atoms with Crippen LogP contribution in [-0.2, 0) is 27.2 Å². The fraction of sp³-hybridized carbons (Fsp3) is 0.625. The summed E-state index contributed by atoms with van der Waals surface area (Å²) in [5.74, 6) is 0.363. The molecule has 3 aromatic rings. The number of hydrogen-bond donors (Lipinski definition) is 0. The fourth-order valence-electron chi connectivity index (χ4n) is 4.16. The summed E-state index contributed by atoms with van der Waals surface area (Å²) in [7, 11) is -0.995. The molecule has 0 spiro atoms. The van der Waals surface area contributed by atoms with Crippen molar-refractivity contribution < 1.29 is 32.0 Å². The van der Waals surface area contributed by atoms with Crippen LogP contribution in [-0.4, -0.2) is 70.7 Å². The van der Waals surface area contributed by atoms with Gasteiger partial charge < -0.3 is 18.8 Å². The second kappa shape index (κ2) is 9.96. The molecule has 9 nitrogen and oxygen atoms in total. The normalized spacial score (nSPS) is 17.5. The Hall–Kier alpha value is -2.42. The van der Waals surface area contributed by atoms with Gasteiger partial charge in [0.25, 0.3) is 0 Å². The van der Waals surface area contributed by atoms with E-state index in [2.05, 4.69) is 34.8 Å². The second-order valence-corrected chi connectivity index (χ2v) is 17.4. The molecule has 38 heavy (non-hydrogen) atoms. The van der Waals surface area contributed by atoms with Crippen molar-refractivity contribution in [3.8, 4) is 17.0 Å². The van der Waals surface area contributed by atoms with Gasteiger partial charge >= 0.3 is 13.3 Å². The molecule has 0 bridgehead atoms. The molecule has 4 heterocycles. The maximum atomic E-state index is 14.0. The summed E-state index contributed by atoms with van der Waals surface area (Å²) in [6, 6.07) is 2.54. The van der Waals surface area contributed by atoms with Crippen molar-refractivity contribution in [2.75, 3.05) is 13.7 Å². The lowest BCUT2D eigenvalue weighted by atomic mass is 9.80. The molecule has 0 unspecified atom stereocenters. The van der Waals surface area contributed by atoms with Crippen LogP contribution in [0.25, 0.3) is 16.9 Å². The minimum Gasteiger partial charge on any atom is -0.493 e. The number of pyridine rings is 1. The number of halogens is 3. The van der Waals surface area contributed by atoms with Crippen LogP contribution in [0.15, 0.2) is 18.6 Å². The van der Waals surface area contributed by atoms with Crippen LogP contribution in [0.3, 0.4) is 0 Å². The lowest BCUT2D eigenvalue weighted by molar-refractivity contribution is -0.127. The van der Waals surface area contributed by atoms with Gasteiger partial charge in [0.1, 0.15) is 13.1 Å². The molecule has 14 heteroatoms. The quantitative estimate of drug-likeness (QED) is 0.288. The van der Waals surface area contributed by atoms with E-state index in [0.717, 1.165) is 6.04 Å². The van der Waals surface area contributed by atoms with E-state index in [-0.39, 0.29) is 23.6 Å². The predicted octanol–water partition coefficient (Wildman–Crippen LogP) is 4.32. The Balaban J connectivity index is 1.87. The highest BCUT2D eigenvalue weighted by Crippen LogP contribution is 2.38. The third-order valence-electron chi connectivity index (χ3n) is 6.98. The topological polar surface area (TPSA) is 84.9 Å². The van der Waals surface area contributed by atoms with Gasteiger partial charge in [-0.25, -0.2) is 14.2 Å². The van der Waals surface area contributed by atoms with Gasteiger partial charge in [0.2, 0.25) is 0 Å². The van der Waals surface area contributed by atoms with Gasteiger partial charge in [-0.2, -0.15) is 23.4 Å². The summed E-state index contributed by atoms with van der Waals surface area (Å²) in [5, 5.41) is 8.78. The van der Waals surface area contributed by atoms with Gasteiger partial charge in [0.05, 0.1) is 36.0 Å². The lowest BCUT2D eigenvalue weighted by Gasteiger charge is -2.32. The number of alkyl halides is 3. The van der Waals surface area contributed by atoms with Crippen molar-refractivity contribution in [1.29, 1.82) is 0 Å². The maximum Gasteiger partial charge on any atom is 0.516 e. The molecule has 0 atom stereocenters. The molecule has 1 saturated heterocycles. The zero-order chi connectivity index (χ0) is 28.1. The molecule has 208 valence electrons. The van der Waals surface area contributed by atoms with Crippen molar-refractivity contribution >= 4 is 26.4 Å². The summed E-state index contributed by atoms with van der Waals surface area (Å²) in [6.45, 7) is 14.5. The van der Waals surface area contributed by atoms with Crippen LogP contribution >= 0.6 is 0 Å². The van der Waals surface area contributed by atoms with Gasteiger partial charge in [-0.1, -0.05) is 19.6 Å². The third kappa shape index (κ3) is 5.92. The Kier molecular flexibility index (Phi) is 7.49. The standard InChI is InChI=1S/C24H35BF3N5O4Si/c1-22(2)23(3,4)37-25(36-22)20-17(12-24(26,27)28)19(33(31-20)15-35-9-10-38(6,7)8)16-11-18(34-5)21-29-14-30-32(21)13-16/h11,13-14H,9-10,12,15H2,1-8H3. The van der Waals surface area contributed by atoms with Gasteiger partial charge in [-0.15, -0.1) is 0 Å². The SMILES string of the molecule is COc1cc(-c2c(CC(F)(F)F)c(B3OC(C)(C)C(C)(C)O3)nn2COCC[Si](C)(C)C)cn2ncnc12. The van der Waals surface area contributed by atoms with Gasteiger partial charge in [0, 0.05) is 32.0 Å². The summed E-state index contributed by atoms with van der Waals surface area (Å²) < 4.78 is 68.6. The summed E-state index contributed by atoms with van der Waals surface area (Å²) in [6.07, 6.45) is -2.78. The summed E-state index contributed by atoms with van der Waals surface area (Å²) >= 11 is 0. The molecule has 0 saturated carbocycles. The smallest absolute Gasteiger partial charge is 0.493 e. The molecule has 0 aliphatic carbocycles. The van der Waals surface area contributed by atoms with Crippen molar-refractivity contribution in [2.45, 2.75) is 83.9 Å². The van der Waals surface area contributed by atoms with Crippen LogP contribution in [0.4, 0.5) is 13.2 Å². The molecule has 4 rings (SSSR count). The number of aromatic nitrogens is 5. The van der Waals surface area contributed by atoms with Crippen molar-refractivity contribution in [3.63, 3.8) is 0 Å². The summed E-state index contributed by atoms with van der Waals surface area (Å²) in [4.78, 5) is 4.18. The van der Waals surface area contributed by atoms with Crippen molar-refractivity contribution in [3.05, 3.63) is 24.2 Å². The first kappa shape index (κ1) is 28.6. The van der Waals surface area contributed by atoms with Gasteiger partial charge in [-0.05, 0) is 39.8 Å². The molecular weight excluding hydrogens is 518 g/mol. The zero-order valence-corrected chi connectivity index (χ0v) is 24.1. The highest BCUT2D eigenvalue weighted by molar-refractivity contribution is 6.76. The molecule has 0 amide bonds. The molecule has 0 aromatic carbocycles. The Bertz CT molecular complexity index is 1290. The van der Waals surface area contributed by atoms with Crippen LogP contribution in [0.1, 0.15) is 33.3 Å². The molecule has 0 N–H and O–H groups in total. The van der Waals surface area contributed by atoms with Crippen molar-refractivity contribution in [2.24, 2.45) is 0 Å². The van der Waals surface area contributed by atoms with Gasteiger partial charge in [-0.3, -0.25) is 0 Å². The molecule has 1 aliphatic rings. The molecule has 1 fully saturated rings. The largest absolute Gasteiger partial charge is 0.516 e. The van der Waals surface area contributed by atoms with Crippen LogP contribution in [0.2, 0.25) is 25.7 Å². The van der Waals surface area contributed by atoms with E-state index in [1.165, 1.54) is 22.6 Å². The average molecular weight is 553 g/mol. The first-order valence-corrected chi connectivity index (χ1v) is 16.2. The van der Waals surface area contributed by atoms with E-state index in [1.54, 1.807) is 12.3 Å². The monoisotopic (exact) mass is 553 g/mol. The Morgan fingerprint density at radius 3 is 2.34 bits per heavy atom. The number of ether oxygens (including phenoxy) is 2. The fourth-order valence-corrected chi connectivity index (χ4v) is 4.91. The maximum absolute atomic E-state index is 14.0. The Labute approximate surface area is 221 Å². The first-order valence-electron chi connectivity index (χ1n) is 12.5. The Morgan fingerprint density at radius 2 is 1.76 bits per heavy atom. The van der Waals surface area contributed by atoms with Crippen LogP contribution in [0, 0.1) is 0 Å². The molecule has 3 aromatic heterocycles. The highest BCUT2D eigenvalue weighted by Gasteiger charge is 2.54. The number of fused-ring (bicyclic) bond motifs is 1. The second-order valence-electron chi connectivity index (χ2n) is 11.8. The predicted molar refractivity (Wildman–Crippen MR) is 140 cm³/mol. The van der Waals surface area contributed by atoms with E-state index in [9.17, 15) is 13.2 Å². The number of rotatable bonds is 9. The van der Waals surface area contributed by atoms with E-state index in [1.807, 2.05) is 27.7 Å². The van der Waals surface area contributed by atoms with E-state index < -0.39 is 39.0 Å². The minimum atomic E-state index is -4.51. The minimum absolute atomic E-state index is 0.0398. The van der Waals surface area contributed by atoms with E-state index in [0.29, 0.717) is 23.6 Å². The first-order chi connectivity index (χ1) is 17.5.